The Morgan fingerprint density at radius 1 is 1.19 bits per heavy atom. The minimum atomic E-state index is -0.437. The van der Waals surface area contributed by atoms with Gasteiger partial charge in [-0.2, -0.15) is 0 Å². The molecule has 0 aliphatic rings. The van der Waals surface area contributed by atoms with E-state index in [4.69, 9.17) is 11.6 Å². The lowest BCUT2D eigenvalue weighted by Gasteiger charge is -2.30. The van der Waals surface area contributed by atoms with E-state index in [0.29, 0.717) is 31.0 Å². The third-order valence-electron chi connectivity index (χ3n) is 3.31. The molecule has 0 saturated carbocycles. The van der Waals surface area contributed by atoms with Gasteiger partial charge in [0.1, 0.15) is 6.04 Å². The number of nitrogens with one attached hydrogen (secondary N) is 1. The highest BCUT2D eigenvalue weighted by atomic mass is 35.5. The third kappa shape index (κ3) is 5.05. The molecule has 1 N–H and O–H groups in total. The fourth-order valence-corrected chi connectivity index (χ4v) is 2.33. The van der Waals surface area contributed by atoms with Crippen molar-refractivity contribution in [2.24, 2.45) is 0 Å². The van der Waals surface area contributed by atoms with Crippen molar-refractivity contribution in [3.05, 3.63) is 34.9 Å². The fourth-order valence-electron chi connectivity index (χ4n) is 2.20. The number of carbonyl (C=O) groups is 2. The molecule has 0 aliphatic carbocycles. The first-order chi connectivity index (χ1) is 10.0. The molecule has 0 aromatic heterocycles. The van der Waals surface area contributed by atoms with Crippen LogP contribution in [-0.2, 0) is 16.1 Å². The van der Waals surface area contributed by atoms with E-state index in [1.54, 1.807) is 17.0 Å². The SMILES string of the molecule is CCNC(=O)[C@H](CC)N(Cc1ccc(Cl)cc1)C(=O)CC. The lowest BCUT2D eigenvalue weighted by molar-refractivity contribution is -0.141. The first-order valence-electron chi connectivity index (χ1n) is 7.35. The quantitative estimate of drug-likeness (QED) is 0.841. The number of nitrogens with zero attached hydrogens (tertiary/aromatic N) is 1. The fraction of sp³-hybridized carbons (Fsp3) is 0.500. The number of rotatable bonds is 7. The van der Waals surface area contributed by atoms with Crippen LogP contribution in [0.1, 0.15) is 39.2 Å². The van der Waals surface area contributed by atoms with E-state index >= 15 is 0 Å². The number of carbonyl (C=O) groups excluding carboxylic acids is 2. The maximum Gasteiger partial charge on any atom is 0.242 e. The van der Waals surface area contributed by atoms with Gasteiger partial charge in [0, 0.05) is 24.5 Å². The van der Waals surface area contributed by atoms with Crippen molar-refractivity contribution in [3.63, 3.8) is 0 Å². The molecule has 0 saturated heterocycles. The first-order valence-corrected chi connectivity index (χ1v) is 7.72. The molecule has 1 aromatic carbocycles. The third-order valence-corrected chi connectivity index (χ3v) is 3.56. The summed E-state index contributed by atoms with van der Waals surface area (Å²) in [5.41, 5.74) is 0.962. The molecule has 0 bridgehead atoms. The van der Waals surface area contributed by atoms with Crippen LogP contribution >= 0.6 is 11.6 Å². The van der Waals surface area contributed by atoms with E-state index in [1.165, 1.54) is 0 Å². The number of hydrogen-bond acceptors (Lipinski definition) is 2. The van der Waals surface area contributed by atoms with Crippen molar-refractivity contribution in [1.82, 2.24) is 10.2 Å². The molecule has 4 nitrogen and oxygen atoms in total. The molecule has 0 aliphatic heterocycles. The summed E-state index contributed by atoms with van der Waals surface area (Å²) in [5, 5.41) is 3.45. The predicted molar refractivity (Wildman–Crippen MR) is 85.1 cm³/mol. The van der Waals surface area contributed by atoms with E-state index in [2.05, 4.69) is 5.32 Å². The van der Waals surface area contributed by atoms with Crippen molar-refractivity contribution in [2.45, 2.75) is 46.2 Å². The molecule has 1 atom stereocenters. The lowest BCUT2D eigenvalue weighted by atomic mass is 10.1. The Kier molecular flexibility index (Phi) is 7.23. The van der Waals surface area contributed by atoms with Crippen LogP contribution in [0.4, 0.5) is 0 Å². The lowest BCUT2D eigenvalue weighted by Crippen LogP contribution is -2.48. The molecule has 0 heterocycles. The van der Waals surface area contributed by atoms with Crippen LogP contribution in [0.15, 0.2) is 24.3 Å². The Bertz CT molecular complexity index is 474. The van der Waals surface area contributed by atoms with Crippen molar-refractivity contribution < 1.29 is 9.59 Å². The summed E-state index contributed by atoms with van der Waals surface area (Å²) in [5.74, 6) is -0.126. The zero-order valence-corrected chi connectivity index (χ0v) is 13.6. The summed E-state index contributed by atoms with van der Waals surface area (Å²) in [6, 6.07) is 6.90. The van der Waals surface area contributed by atoms with Crippen LogP contribution in [0, 0.1) is 0 Å². The van der Waals surface area contributed by atoms with E-state index < -0.39 is 6.04 Å². The van der Waals surface area contributed by atoms with Gasteiger partial charge >= 0.3 is 0 Å². The van der Waals surface area contributed by atoms with Crippen LogP contribution in [0.25, 0.3) is 0 Å². The number of halogens is 1. The number of hydrogen-bond donors (Lipinski definition) is 1. The first kappa shape index (κ1) is 17.5. The van der Waals surface area contributed by atoms with Gasteiger partial charge in [0.15, 0.2) is 0 Å². The minimum Gasteiger partial charge on any atom is -0.355 e. The zero-order chi connectivity index (χ0) is 15.8. The molecule has 0 fully saturated rings. The van der Waals surface area contributed by atoms with Crippen molar-refractivity contribution in [2.75, 3.05) is 6.54 Å². The van der Waals surface area contributed by atoms with E-state index in [9.17, 15) is 9.59 Å². The van der Waals surface area contributed by atoms with Gasteiger partial charge in [0.05, 0.1) is 0 Å². The monoisotopic (exact) mass is 310 g/mol. The van der Waals surface area contributed by atoms with E-state index in [0.717, 1.165) is 5.56 Å². The number of benzene rings is 1. The predicted octanol–water partition coefficient (Wildman–Crippen LogP) is 2.99. The van der Waals surface area contributed by atoms with Gasteiger partial charge in [-0.05, 0) is 31.0 Å². The van der Waals surface area contributed by atoms with Crippen LogP contribution in [0.2, 0.25) is 5.02 Å². The Morgan fingerprint density at radius 3 is 2.29 bits per heavy atom. The number of amides is 2. The molecule has 0 unspecified atom stereocenters. The van der Waals surface area contributed by atoms with Gasteiger partial charge in [-0.1, -0.05) is 37.6 Å². The standard InChI is InChI=1S/C16H23ClN2O2/c1-4-14(16(21)18-6-3)19(15(20)5-2)11-12-7-9-13(17)10-8-12/h7-10,14H,4-6,11H2,1-3H3,(H,18,21)/t14-/m0/s1. The molecule has 1 rings (SSSR count). The second kappa shape index (κ2) is 8.67. The molecule has 116 valence electrons. The average molecular weight is 311 g/mol. The zero-order valence-electron chi connectivity index (χ0n) is 12.9. The van der Waals surface area contributed by atoms with Crippen molar-refractivity contribution in [1.29, 1.82) is 0 Å². The second-order valence-electron chi connectivity index (χ2n) is 4.82. The summed E-state index contributed by atoms with van der Waals surface area (Å²) in [7, 11) is 0. The van der Waals surface area contributed by atoms with E-state index in [-0.39, 0.29) is 11.8 Å². The average Bonchev–Trinajstić information content (AvgIpc) is 2.48. The highest BCUT2D eigenvalue weighted by molar-refractivity contribution is 6.30. The Balaban J connectivity index is 2.95. The molecule has 21 heavy (non-hydrogen) atoms. The van der Waals surface area contributed by atoms with Crippen LogP contribution in [0.3, 0.4) is 0 Å². The van der Waals surface area contributed by atoms with Gasteiger partial charge in [0.25, 0.3) is 0 Å². The maximum absolute atomic E-state index is 12.2. The van der Waals surface area contributed by atoms with Crippen LogP contribution in [0.5, 0.6) is 0 Å². The van der Waals surface area contributed by atoms with Crippen molar-refractivity contribution in [3.8, 4) is 0 Å². The molecular formula is C16H23ClN2O2. The molecule has 5 heteroatoms. The Morgan fingerprint density at radius 2 is 1.81 bits per heavy atom. The minimum absolute atomic E-state index is 0.0250. The second-order valence-corrected chi connectivity index (χ2v) is 5.26. The molecular weight excluding hydrogens is 288 g/mol. The normalized spacial score (nSPS) is 11.8. The smallest absolute Gasteiger partial charge is 0.242 e. The number of likely N-dealkylation sites (N-methyl/N-ethyl adjacent to an activating group) is 1. The van der Waals surface area contributed by atoms with Crippen LogP contribution < -0.4 is 5.32 Å². The largest absolute Gasteiger partial charge is 0.355 e. The van der Waals surface area contributed by atoms with Gasteiger partial charge in [-0.25, -0.2) is 0 Å². The highest BCUT2D eigenvalue weighted by Gasteiger charge is 2.27. The highest BCUT2D eigenvalue weighted by Crippen LogP contribution is 2.15. The molecule has 0 spiro atoms. The Labute approximate surface area is 131 Å². The summed E-state index contributed by atoms with van der Waals surface area (Å²) in [6.07, 6.45) is 0.967. The van der Waals surface area contributed by atoms with Gasteiger partial charge < -0.3 is 10.2 Å². The van der Waals surface area contributed by atoms with E-state index in [1.807, 2.05) is 32.9 Å². The summed E-state index contributed by atoms with van der Waals surface area (Å²) in [6.45, 7) is 6.57. The topological polar surface area (TPSA) is 49.4 Å². The Hall–Kier alpha value is -1.55. The van der Waals surface area contributed by atoms with Crippen molar-refractivity contribution >= 4 is 23.4 Å². The summed E-state index contributed by atoms with van der Waals surface area (Å²) < 4.78 is 0. The van der Waals surface area contributed by atoms with Crippen LogP contribution in [-0.4, -0.2) is 29.3 Å². The maximum atomic E-state index is 12.2. The van der Waals surface area contributed by atoms with Gasteiger partial charge in [0.2, 0.25) is 11.8 Å². The summed E-state index contributed by atoms with van der Waals surface area (Å²) in [4.78, 5) is 26.0. The molecule has 1 aromatic rings. The molecule has 0 radical (unpaired) electrons. The molecule has 2 amide bonds. The summed E-state index contributed by atoms with van der Waals surface area (Å²) >= 11 is 5.87. The van der Waals surface area contributed by atoms with Gasteiger partial charge in [-0.15, -0.1) is 0 Å². The van der Waals surface area contributed by atoms with Gasteiger partial charge in [-0.3, -0.25) is 9.59 Å².